The number of carbonyl (C=O) groups is 3. The SMILES string of the molecule is Cc1nc2c(c(-c3ccc(Cl)cc3Cl)c1CNC(=O)OC(C)(C)C)C(=O)N(CC(=O)N(C)C)C2. The Balaban J connectivity index is 2.09. The van der Waals surface area contributed by atoms with Gasteiger partial charge in [0.2, 0.25) is 5.91 Å². The van der Waals surface area contributed by atoms with Crippen molar-refractivity contribution in [3.05, 3.63) is 50.8 Å². The number of hydrogen-bond acceptors (Lipinski definition) is 5. The average Bonchev–Trinajstić information content (AvgIpc) is 2.99. The van der Waals surface area contributed by atoms with Crippen LogP contribution in [0, 0.1) is 6.92 Å². The summed E-state index contributed by atoms with van der Waals surface area (Å²) in [6.45, 7) is 7.33. The van der Waals surface area contributed by atoms with E-state index in [1.54, 1.807) is 60.0 Å². The van der Waals surface area contributed by atoms with Crippen molar-refractivity contribution in [2.24, 2.45) is 0 Å². The average molecular weight is 507 g/mol. The molecule has 1 aromatic heterocycles. The first kappa shape index (κ1) is 25.8. The van der Waals surface area contributed by atoms with E-state index in [2.05, 4.69) is 10.3 Å². The van der Waals surface area contributed by atoms with Crippen molar-refractivity contribution in [2.45, 2.75) is 46.4 Å². The number of likely N-dealkylation sites (N-methyl/N-ethyl adjacent to an activating group) is 1. The van der Waals surface area contributed by atoms with Gasteiger partial charge in [0.25, 0.3) is 5.91 Å². The molecular formula is C24H28Cl2N4O4. The fourth-order valence-corrected chi connectivity index (χ4v) is 4.17. The van der Waals surface area contributed by atoms with E-state index >= 15 is 0 Å². The summed E-state index contributed by atoms with van der Waals surface area (Å²) in [4.78, 5) is 45.6. The summed E-state index contributed by atoms with van der Waals surface area (Å²) in [7, 11) is 3.27. The molecule has 0 aliphatic carbocycles. The largest absolute Gasteiger partial charge is 0.444 e. The smallest absolute Gasteiger partial charge is 0.407 e. The fourth-order valence-electron chi connectivity index (χ4n) is 3.67. The third-order valence-corrected chi connectivity index (χ3v) is 5.80. The lowest BCUT2D eigenvalue weighted by Gasteiger charge is -2.21. The van der Waals surface area contributed by atoms with Gasteiger partial charge in [-0.2, -0.15) is 0 Å². The number of fused-ring (bicyclic) bond motifs is 1. The van der Waals surface area contributed by atoms with Gasteiger partial charge in [-0.05, 0) is 39.8 Å². The zero-order chi connectivity index (χ0) is 25.4. The number of aromatic nitrogens is 1. The number of nitrogens with zero attached hydrogens (tertiary/aromatic N) is 3. The van der Waals surface area contributed by atoms with Crippen LogP contribution in [-0.4, -0.2) is 58.9 Å². The summed E-state index contributed by atoms with van der Waals surface area (Å²) < 4.78 is 5.35. The zero-order valence-corrected chi connectivity index (χ0v) is 21.6. The van der Waals surface area contributed by atoms with E-state index in [0.29, 0.717) is 43.7 Å². The molecule has 0 radical (unpaired) electrons. The van der Waals surface area contributed by atoms with Gasteiger partial charge < -0.3 is 19.9 Å². The molecule has 3 rings (SSSR count). The third kappa shape index (κ3) is 5.62. The van der Waals surface area contributed by atoms with Crippen LogP contribution < -0.4 is 5.32 Å². The van der Waals surface area contributed by atoms with Gasteiger partial charge in [0.1, 0.15) is 12.1 Å². The first-order valence-electron chi connectivity index (χ1n) is 10.7. The molecule has 0 saturated heterocycles. The van der Waals surface area contributed by atoms with E-state index in [4.69, 9.17) is 27.9 Å². The molecule has 1 aliphatic heterocycles. The Labute approximate surface area is 209 Å². The summed E-state index contributed by atoms with van der Waals surface area (Å²) in [5, 5.41) is 3.55. The summed E-state index contributed by atoms with van der Waals surface area (Å²) >= 11 is 12.7. The number of benzene rings is 1. The predicted octanol–water partition coefficient (Wildman–Crippen LogP) is 4.43. The molecule has 1 aliphatic rings. The number of pyridine rings is 1. The van der Waals surface area contributed by atoms with Gasteiger partial charge in [-0.15, -0.1) is 0 Å². The maximum atomic E-state index is 13.5. The van der Waals surface area contributed by atoms with Crippen LogP contribution >= 0.6 is 23.2 Å². The molecule has 0 spiro atoms. The predicted molar refractivity (Wildman–Crippen MR) is 131 cm³/mol. The number of hydrogen-bond donors (Lipinski definition) is 1. The Morgan fingerprint density at radius 2 is 1.88 bits per heavy atom. The number of ether oxygens (including phenoxy) is 1. The third-order valence-electron chi connectivity index (χ3n) is 5.26. The number of amides is 3. The molecule has 8 nitrogen and oxygen atoms in total. The van der Waals surface area contributed by atoms with E-state index in [1.165, 1.54) is 9.80 Å². The van der Waals surface area contributed by atoms with Crippen LogP contribution in [0.3, 0.4) is 0 Å². The zero-order valence-electron chi connectivity index (χ0n) is 20.1. The highest BCUT2D eigenvalue weighted by molar-refractivity contribution is 6.36. The number of nitrogens with one attached hydrogen (secondary N) is 1. The van der Waals surface area contributed by atoms with E-state index in [1.807, 2.05) is 0 Å². The van der Waals surface area contributed by atoms with Crippen LogP contribution in [0.2, 0.25) is 10.0 Å². The van der Waals surface area contributed by atoms with Crippen LogP contribution in [0.4, 0.5) is 4.79 Å². The fraction of sp³-hybridized carbons (Fsp3) is 0.417. The topological polar surface area (TPSA) is 91.8 Å². The molecule has 0 saturated carbocycles. The molecule has 1 aromatic carbocycles. The van der Waals surface area contributed by atoms with Crippen LogP contribution in [0.25, 0.3) is 11.1 Å². The van der Waals surface area contributed by atoms with Crippen molar-refractivity contribution in [1.29, 1.82) is 0 Å². The number of carbonyl (C=O) groups excluding carboxylic acids is 3. The molecule has 0 bridgehead atoms. The second-order valence-corrected chi connectivity index (χ2v) is 10.1. The quantitative estimate of drug-likeness (QED) is 0.647. The molecule has 0 unspecified atom stereocenters. The van der Waals surface area contributed by atoms with Crippen LogP contribution in [0.15, 0.2) is 18.2 Å². The van der Waals surface area contributed by atoms with Crippen molar-refractivity contribution in [3.63, 3.8) is 0 Å². The van der Waals surface area contributed by atoms with Crippen molar-refractivity contribution >= 4 is 41.1 Å². The van der Waals surface area contributed by atoms with Crippen molar-refractivity contribution in [3.8, 4) is 11.1 Å². The summed E-state index contributed by atoms with van der Waals surface area (Å²) in [5.41, 5.74) is 2.66. The first-order valence-corrected chi connectivity index (χ1v) is 11.5. The van der Waals surface area contributed by atoms with Gasteiger partial charge >= 0.3 is 6.09 Å². The van der Waals surface area contributed by atoms with E-state index in [0.717, 1.165) is 0 Å². The first-order chi connectivity index (χ1) is 15.8. The highest BCUT2D eigenvalue weighted by Crippen LogP contribution is 2.40. The molecule has 3 amide bonds. The Bertz CT molecular complexity index is 1160. The Morgan fingerprint density at radius 1 is 1.21 bits per heavy atom. The van der Waals surface area contributed by atoms with E-state index < -0.39 is 11.7 Å². The normalized spacial score (nSPS) is 13.1. The second kappa shape index (κ2) is 9.80. The molecule has 2 aromatic rings. The molecule has 10 heteroatoms. The second-order valence-electron chi connectivity index (χ2n) is 9.30. The summed E-state index contributed by atoms with van der Waals surface area (Å²) in [5.74, 6) is -0.520. The minimum absolute atomic E-state index is 0.0687. The molecule has 0 atom stereocenters. The number of rotatable bonds is 5. The highest BCUT2D eigenvalue weighted by Gasteiger charge is 2.35. The van der Waals surface area contributed by atoms with Gasteiger partial charge in [0.15, 0.2) is 0 Å². The summed E-state index contributed by atoms with van der Waals surface area (Å²) in [6, 6.07) is 5.01. The Hall–Kier alpha value is -2.84. The van der Waals surface area contributed by atoms with Gasteiger partial charge in [0.05, 0.1) is 17.8 Å². The Kier molecular flexibility index (Phi) is 7.43. The van der Waals surface area contributed by atoms with Gasteiger partial charge in [-0.3, -0.25) is 14.6 Å². The molecule has 2 heterocycles. The van der Waals surface area contributed by atoms with Crippen molar-refractivity contribution < 1.29 is 19.1 Å². The number of alkyl carbamates (subject to hydrolysis) is 1. The monoisotopic (exact) mass is 506 g/mol. The van der Waals surface area contributed by atoms with Gasteiger partial charge in [0, 0.05) is 53.1 Å². The maximum absolute atomic E-state index is 13.5. The molecule has 0 fully saturated rings. The van der Waals surface area contributed by atoms with E-state index in [9.17, 15) is 14.4 Å². The van der Waals surface area contributed by atoms with Crippen LogP contribution in [0.5, 0.6) is 0 Å². The highest BCUT2D eigenvalue weighted by atomic mass is 35.5. The minimum Gasteiger partial charge on any atom is -0.444 e. The van der Waals surface area contributed by atoms with Gasteiger partial charge in [-0.25, -0.2) is 4.79 Å². The van der Waals surface area contributed by atoms with Crippen molar-refractivity contribution in [2.75, 3.05) is 20.6 Å². The standard InChI is InChI=1S/C24H28Cl2N4O4/c1-13-16(10-27-23(33)34-24(2,3)4)20(15-8-7-14(25)9-17(15)26)21-18(28-13)11-30(22(21)32)12-19(31)29(5)6/h7-9H,10-12H2,1-6H3,(H,27,33). The maximum Gasteiger partial charge on any atom is 0.407 e. The van der Waals surface area contributed by atoms with Crippen LogP contribution in [0.1, 0.15) is 48.1 Å². The number of halogens is 2. The molecule has 34 heavy (non-hydrogen) atoms. The minimum atomic E-state index is -0.660. The Morgan fingerprint density at radius 3 is 2.47 bits per heavy atom. The molecular weight excluding hydrogens is 479 g/mol. The lowest BCUT2D eigenvalue weighted by Crippen LogP contribution is -2.36. The molecule has 182 valence electrons. The molecule has 1 N–H and O–H groups in total. The summed E-state index contributed by atoms with van der Waals surface area (Å²) in [6.07, 6.45) is -0.593. The van der Waals surface area contributed by atoms with Crippen LogP contribution in [-0.2, 0) is 22.6 Å². The van der Waals surface area contributed by atoms with E-state index in [-0.39, 0.29) is 31.4 Å². The number of aryl methyl sites for hydroxylation is 1. The lowest BCUT2D eigenvalue weighted by atomic mass is 9.92. The van der Waals surface area contributed by atoms with Crippen molar-refractivity contribution in [1.82, 2.24) is 20.1 Å². The lowest BCUT2D eigenvalue weighted by molar-refractivity contribution is -0.129. The van der Waals surface area contributed by atoms with Gasteiger partial charge in [-0.1, -0.05) is 29.3 Å².